The van der Waals surface area contributed by atoms with E-state index in [-0.39, 0.29) is 24.0 Å². The average Bonchev–Trinajstić information content (AvgIpc) is 3.16. The first kappa shape index (κ1) is 54.3. The van der Waals surface area contributed by atoms with Crippen molar-refractivity contribution < 1.29 is 28.6 Å². The number of unbranched alkanes of at least 4 members (excludes halogenated alkanes) is 16. The fourth-order valence-electron chi connectivity index (χ4n) is 6.94. The maximum absolute atomic E-state index is 13.0. The SMILES string of the molecule is CCOC(=O)CCCC/C=C\C/C=C\CCCCCCCCC(CCCCCCCC/C=C\C/C=C\CCCCC(=O)OCC)OC(=O)CC(C)C(C)CN(C)C. The van der Waals surface area contributed by atoms with E-state index < -0.39 is 0 Å². The van der Waals surface area contributed by atoms with Gasteiger partial charge in [0.15, 0.2) is 0 Å². The fourth-order valence-corrected chi connectivity index (χ4v) is 6.94. The van der Waals surface area contributed by atoms with E-state index in [2.05, 4.69) is 81.5 Å². The minimum Gasteiger partial charge on any atom is -0.466 e. The van der Waals surface area contributed by atoms with Crippen molar-refractivity contribution in [2.24, 2.45) is 11.8 Å². The summed E-state index contributed by atoms with van der Waals surface area (Å²) in [5.41, 5.74) is 0. The number of allylic oxidation sites excluding steroid dienone is 8. The van der Waals surface area contributed by atoms with Gasteiger partial charge >= 0.3 is 17.9 Å². The molecule has 0 radical (unpaired) electrons. The minimum absolute atomic E-state index is 0.0118. The zero-order valence-corrected chi connectivity index (χ0v) is 38.0. The molecule has 0 bridgehead atoms. The predicted octanol–water partition coefficient (Wildman–Crippen LogP) is 13.6. The van der Waals surface area contributed by atoms with Gasteiger partial charge in [0.1, 0.15) is 6.10 Å². The molecule has 2 atom stereocenters. The van der Waals surface area contributed by atoms with Gasteiger partial charge in [-0.3, -0.25) is 14.4 Å². The van der Waals surface area contributed by atoms with Crippen molar-refractivity contribution in [3.63, 3.8) is 0 Å². The predicted molar refractivity (Wildman–Crippen MR) is 241 cm³/mol. The van der Waals surface area contributed by atoms with Crippen molar-refractivity contribution in [3.8, 4) is 0 Å². The summed E-state index contributed by atoms with van der Waals surface area (Å²) in [7, 11) is 4.19. The van der Waals surface area contributed by atoms with Crippen LogP contribution in [0.25, 0.3) is 0 Å². The largest absolute Gasteiger partial charge is 0.466 e. The van der Waals surface area contributed by atoms with Gasteiger partial charge in [-0.2, -0.15) is 0 Å². The van der Waals surface area contributed by atoms with Gasteiger partial charge in [0.05, 0.1) is 13.2 Å². The van der Waals surface area contributed by atoms with Gasteiger partial charge in [0, 0.05) is 25.8 Å². The number of carbonyl (C=O) groups is 3. The molecule has 0 aliphatic heterocycles. The minimum atomic E-state index is -0.0828. The highest BCUT2D eigenvalue weighted by Crippen LogP contribution is 2.21. The number of hydrogen-bond donors (Lipinski definition) is 0. The van der Waals surface area contributed by atoms with E-state index in [9.17, 15) is 14.4 Å². The van der Waals surface area contributed by atoms with Crippen molar-refractivity contribution in [1.29, 1.82) is 0 Å². The summed E-state index contributed by atoms with van der Waals surface area (Å²) in [5.74, 6) is 0.602. The number of rotatable bonds is 40. The van der Waals surface area contributed by atoms with Gasteiger partial charge in [-0.15, -0.1) is 0 Å². The molecule has 0 aromatic carbocycles. The molecule has 0 N–H and O–H groups in total. The van der Waals surface area contributed by atoms with Crippen molar-refractivity contribution >= 4 is 17.9 Å². The Morgan fingerprint density at radius 1 is 0.474 bits per heavy atom. The third kappa shape index (κ3) is 39.9. The monoisotopic (exact) mass is 800 g/mol. The van der Waals surface area contributed by atoms with Crippen LogP contribution in [0.5, 0.6) is 0 Å². The number of hydrogen-bond acceptors (Lipinski definition) is 7. The Morgan fingerprint density at radius 2 is 0.842 bits per heavy atom. The smallest absolute Gasteiger partial charge is 0.306 e. The van der Waals surface area contributed by atoms with Crippen LogP contribution in [0.1, 0.15) is 201 Å². The summed E-state index contributed by atoms with van der Waals surface area (Å²) < 4.78 is 16.1. The summed E-state index contributed by atoms with van der Waals surface area (Å²) in [6, 6.07) is 0. The molecular formula is C50H89NO6. The first-order chi connectivity index (χ1) is 27.7. The lowest BCUT2D eigenvalue weighted by Gasteiger charge is -2.24. The summed E-state index contributed by atoms with van der Waals surface area (Å²) in [5, 5.41) is 0. The van der Waals surface area contributed by atoms with Crippen LogP contribution in [-0.4, -0.2) is 62.8 Å². The van der Waals surface area contributed by atoms with Gasteiger partial charge < -0.3 is 19.1 Å². The van der Waals surface area contributed by atoms with Crippen LogP contribution in [-0.2, 0) is 28.6 Å². The summed E-state index contributed by atoms with van der Waals surface area (Å²) in [6.45, 7) is 10.0. The Kier molecular flexibility index (Phi) is 39.5. The van der Waals surface area contributed by atoms with Gasteiger partial charge in [-0.05, 0) is 143 Å². The molecule has 330 valence electrons. The second-order valence-corrected chi connectivity index (χ2v) is 16.4. The average molecular weight is 800 g/mol. The van der Waals surface area contributed by atoms with Crippen molar-refractivity contribution in [3.05, 3.63) is 48.6 Å². The molecule has 0 aliphatic rings. The molecule has 0 rings (SSSR count). The molecule has 7 heteroatoms. The van der Waals surface area contributed by atoms with E-state index in [4.69, 9.17) is 14.2 Å². The maximum atomic E-state index is 13.0. The van der Waals surface area contributed by atoms with Gasteiger partial charge in [-0.1, -0.05) is 114 Å². The maximum Gasteiger partial charge on any atom is 0.306 e. The van der Waals surface area contributed by atoms with Crippen LogP contribution < -0.4 is 0 Å². The highest BCUT2D eigenvalue weighted by atomic mass is 16.5. The summed E-state index contributed by atoms with van der Waals surface area (Å²) >= 11 is 0. The van der Waals surface area contributed by atoms with Crippen LogP contribution in [0, 0.1) is 11.8 Å². The van der Waals surface area contributed by atoms with E-state index in [0.717, 1.165) is 96.4 Å². The standard InChI is InChI=1S/C50H89NO6/c1-7-55-48(52)41-37-33-29-25-21-17-13-9-11-15-19-23-27-31-35-39-47(57-50(54)43-45(3)46(4)44-51(5)6)40-36-32-28-24-20-16-12-10-14-18-22-26-30-34-38-42-49(53)56-8-2/h9-10,13-14,21-22,25-26,45-47H,7-8,11-12,15-20,23-24,27-44H2,1-6H3/b13-9-,14-10-,25-21-,26-22-. The van der Waals surface area contributed by atoms with Crippen molar-refractivity contribution in [1.82, 2.24) is 4.90 Å². The molecule has 0 aromatic heterocycles. The zero-order chi connectivity index (χ0) is 42.0. The van der Waals surface area contributed by atoms with Gasteiger partial charge in [0.25, 0.3) is 0 Å². The highest BCUT2D eigenvalue weighted by Gasteiger charge is 2.20. The molecule has 0 aliphatic carbocycles. The summed E-state index contributed by atoms with van der Waals surface area (Å²) in [4.78, 5) is 37.9. The molecule has 0 fully saturated rings. The normalized spacial score (nSPS) is 13.2. The molecule has 7 nitrogen and oxygen atoms in total. The Balaban J connectivity index is 4.22. The number of ether oxygens (including phenoxy) is 3. The lowest BCUT2D eigenvalue weighted by atomic mass is 9.92. The third-order valence-corrected chi connectivity index (χ3v) is 10.5. The van der Waals surface area contributed by atoms with E-state index >= 15 is 0 Å². The van der Waals surface area contributed by atoms with Crippen LogP contribution in [0.15, 0.2) is 48.6 Å². The zero-order valence-electron chi connectivity index (χ0n) is 38.0. The molecule has 2 unspecified atom stereocenters. The topological polar surface area (TPSA) is 82.1 Å². The molecular weight excluding hydrogens is 711 g/mol. The molecule has 0 amide bonds. The highest BCUT2D eigenvalue weighted by molar-refractivity contribution is 5.70. The number of esters is 3. The van der Waals surface area contributed by atoms with Crippen molar-refractivity contribution in [2.45, 2.75) is 207 Å². The summed E-state index contributed by atoms with van der Waals surface area (Å²) in [6.07, 6.45) is 46.7. The van der Waals surface area contributed by atoms with Gasteiger partial charge in [-0.25, -0.2) is 0 Å². The third-order valence-electron chi connectivity index (χ3n) is 10.5. The van der Waals surface area contributed by atoms with E-state index in [0.29, 0.717) is 44.3 Å². The molecule has 57 heavy (non-hydrogen) atoms. The second kappa shape index (κ2) is 41.5. The van der Waals surface area contributed by atoms with Crippen LogP contribution in [0.4, 0.5) is 0 Å². The van der Waals surface area contributed by atoms with Crippen molar-refractivity contribution in [2.75, 3.05) is 33.9 Å². The van der Waals surface area contributed by atoms with Gasteiger partial charge in [0.2, 0.25) is 0 Å². The number of carbonyl (C=O) groups excluding carboxylic acids is 3. The molecule has 0 aromatic rings. The molecule has 0 saturated heterocycles. The van der Waals surface area contributed by atoms with Crippen LogP contribution >= 0.6 is 0 Å². The Hall–Kier alpha value is -2.67. The Labute approximate surface area is 351 Å². The Bertz CT molecular complexity index is 999. The fraction of sp³-hybridized carbons (Fsp3) is 0.780. The van der Waals surface area contributed by atoms with Crippen LogP contribution in [0.3, 0.4) is 0 Å². The van der Waals surface area contributed by atoms with E-state index in [1.165, 1.54) is 64.2 Å². The lowest BCUT2D eigenvalue weighted by Crippen LogP contribution is -2.27. The van der Waals surface area contributed by atoms with E-state index in [1.54, 1.807) is 0 Å². The number of nitrogens with zero attached hydrogens (tertiary/aromatic N) is 1. The first-order valence-corrected chi connectivity index (χ1v) is 23.4. The Morgan fingerprint density at radius 3 is 1.23 bits per heavy atom. The van der Waals surface area contributed by atoms with E-state index in [1.807, 2.05) is 13.8 Å². The lowest BCUT2D eigenvalue weighted by molar-refractivity contribution is -0.151. The second-order valence-electron chi connectivity index (χ2n) is 16.4. The quantitative estimate of drug-likeness (QED) is 0.0264. The molecule has 0 saturated carbocycles. The first-order valence-electron chi connectivity index (χ1n) is 23.4. The molecule has 0 heterocycles. The van der Waals surface area contributed by atoms with Crippen LogP contribution in [0.2, 0.25) is 0 Å². The molecule has 0 spiro atoms.